The molecule has 1 fully saturated rings. The van der Waals surface area contributed by atoms with Gasteiger partial charge in [0.1, 0.15) is 0 Å². The molecule has 0 saturated heterocycles. The molecule has 1 aliphatic rings. The van der Waals surface area contributed by atoms with E-state index < -0.39 is 0 Å². The van der Waals surface area contributed by atoms with E-state index in [4.69, 9.17) is 0 Å². The SMILES string of the molecule is CC1CCC(NC(=O)NCC(CCO)c2ccccc2)CC1. The third-order valence-electron chi connectivity index (χ3n) is 4.61. The molecule has 22 heavy (non-hydrogen) atoms. The molecule has 3 N–H and O–H groups in total. The average Bonchev–Trinajstić information content (AvgIpc) is 2.54. The molecule has 1 saturated carbocycles. The normalized spacial score (nSPS) is 22.8. The lowest BCUT2D eigenvalue weighted by Gasteiger charge is -2.27. The summed E-state index contributed by atoms with van der Waals surface area (Å²) in [7, 11) is 0. The summed E-state index contributed by atoms with van der Waals surface area (Å²) < 4.78 is 0. The Balaban J connectivity index is 1.78. The molecule has 2 rings (SSSR count). The second-order valence-electron chi connectivity index (χ2n) is 6.43. The lowest BCUT2D eigenvalue weighted by molar-refractivity contribution is 0.226. The predicted molar refractivity (Wildman–Crippen MR) is 88.8 cm³/mol. The molecule has 1 unspecified atom stereocenters. The second kappa shape index (κ2) is 8.79. The van der Waals surface area contributed by atoms with E-state index in [1.54, 1.807) is 0 Å². The predicted octanol–water partition coefficient (Wildman–Crippen LogP) is 3.03. The van der Waals surface area contributed by atoms with Crippen molar-refractivity contribution in [2.75, 3.05) is 13.2 Å². The van der Waals surface area contributed by atoms with Gasteiger partial charge in [0.2, 0.25) is 0 Å². The van der Waals surface area contributed by atoms with Crippen LogP contribution in [0.5, 0.6) is 0 Å². The Morgan fingerprint density at radius 1 is 1.23 bits per heavy atom. The number of rotatable bonds is 6. The summed E-state index contributed by atoms with van der Waals surface area (Å²) in [5.41, 5.74) is 1.16. The molecule has 0 heterocycles. The maximum absolute atomic E-state index is 12.0. The molecule has 0 aromatic heterocycles. The molecule has 1 aliphatic carbocycles. The zero-order chi connectivity index (χ0) is 15.8. The highest BCUT2D eigenvalue weighted by Gasteiger charge is 2.20. The summed E-state index contributed by atoms with van der Waals surface area (Å²) in [6, 6.07) is 10.3. The summed E-state index contributed by atoms with van der Waals surface area (Å²) in [6.07, 6.45) is 5.20. The van der Waals surface area contributed by atoms with Crippen LogP contribution in [-0.2, 0) is 0 Å². The van der Waals surface area contributed by atoms with Gasteiger partial charge in [-0.2, -0.15) is 0 Å². The van der Waals surface area contributed by atoms with Crippen molar-refractivity contribution in [3.05, 3.63) is 35.9 Å². The quantitative estimate of drug-likeness (QED) is 0.756. The number of aliphatic hydroxyl groups excluding tert-OH is 1. The van der Waals surface area contributed by atoms with Crippen molar-refractivity contribution in [2.45, 2.75) is 51.0 Å². The van der Waals surface area contributed by atoms with Crippen molar-refractivity contribution < 1.29 is 9.90 Å². The molecule has 1 aromatic rings. The minimum absolute atomic E-state index is 0.0848. The first-order valence-corrected chi connectivity index (χ1v) is 8.39. The van der Waals surface area contributed by atoms with Crippen LogP contribution in [0.4, 0.5) is 4.79 Å². The van der Waals surface area contributed by atoms with E-state index in [0.717, 1.165) is 24.3 Å². The molecule has 0 spiro atoms. The molecule has 0 aliphatic heterocycles. The maximum Gasteiger partial charge on any atom is 0.315 e. The van der Waals surface area contributed by atoms with Gasteiger partial charge >= 0.3 is 6.03 Å². The van der Waals surface area contributed by atoms with Gasteiger partial charge in [-0.05, 0) is 43.6 Å². The number of amides is 2. The fourth-order valence-corrected chi connectivity index (χ4v) is 3.12. The minimum atomic E-state index is -0.0848. The van der Waals surface area contributed by atoms with E-state index in [2.05, 4.69) is 17.6 Å². The van der Waals surface area contributed by atoms with Crippen LogP contribution in [0.1, 0.15) is 50.5 Å². The fourth-order valence-electron chi connectivity index (χ4n) is 3.12. The summed E-state index contributed by atoms with van der Waals surface area (Å²) >= 11 is 0. The van der Waals surface area contributed by atoms with E-state index in [-0.39, 0.29) is 18.6 Å². The molecule has 122 valence electrons. The Kier molecular flexibility index (Phi) is 6.72. The van der Waals surface area contributed by atoms with E-state index in [1.165, 1.54) is 12.8 Å². The Labute approximate surface area is 133 Å². The van der Waals surface area contributed by atoms with Crippen LogP contribution < -0.4 is 10.6 Å². The van der Waals surface area contributed by atoms with Gasteiger partial charge in [-0.3, -0.25) is 0 Å². The van der Waals surface area contributed by atoms with E-state index >= 15 is 0 Å². The van der Waals surface area contributed by atoms with Crippen molar-refractivity contribution in [3.63, 3.8) is 0 Å². The van der Waals surface area contributed by atoms with Crippen molar-refractivity contribution in [3.8, 4) is 0 Å². The highest BCUT2D eigenvalue weighted by molar-refractivity contribution is 5.74. The first-order chi connectivity index (χ1) is 10.7. The molecule has 0 radical (unpaired) electrons. The molecule has 1 aromatic carbocycles. The van der Waals surface area contributed by atoms with Gasteiger partial charge in [-0.25, -0.2) is 4.79 Å². The van der Waals surface area contributed by atoms with Crippen LogP contribution in [-0.4, -0.2) is 30.3 Å². The highest BCUT2D eigenvalue weighted by atomic mass is 16.3. The van der Waals surface area contributed by atoms with Gasteiger partial charge in [0, 0.05) is 25.1 Å². The first kappa shape index (κ1) is 16.8. The zero-order valence-corrected chi connectivity index (χ0v) is 13.4. The van der Waals surface area contributed by atoms with Gasteiger partial charge in [0.05, 0.1) is 0 Å². The second-order valence-corrected chi connectivity index (χ2v) is 6.43. The van der Waals surface area contributed by atoms with Crippen LogP contribution in [0.2, 0.25) is 0 Å². The monoisotopic (exact) mass is 304 g/mol. The Morgan fingerprint density at radius 2 is 1.91 bits per heavy atom. The summed E-state index contributed by atoms with van der Waals surface area (Å²) in [5, 5.41) is 15.3. The lowest BCUT2D eigenvalue weighted by Crippen LogP contribution is -2.44. The number of hydrogen-bond donors (Lipinski definition) is 3. The Bertz CT molecular complexity index is 442. The molecule has 4 heteroatoms. The standard InChI is InChI=1S/C18H28N2O2/c1-14-7-9-17(10-8-14)20-18(22)19-13-16(11-12-21)15-5-3-2-4-6-15/h2-6,14,16-17,21H,7-13H2,1H3,(H2,19,20,22). The largest absolute Gasteiger partial charge is 0.396 e. The third-order valence-corrected chi connectivity index (χ3v) is 4.61. The van der Waals surface area contributed by atoms with Crippen LogP contribution in [0.15, 0.2) is 30.3 Å². The van der Waals surface area contributed by atoms with Crippen LogP contribution in [0.3, 0.4) is 0 Å². The number of hydrogen-bond acceptors (Lipinski definition) is 2. The van der Waals surface area contributed by atoms with E-state index in [1.807, 2.05) is 30.3 Å². The topological polar surface area (TPSA) is 61.4 Å². The summed E-state index contributed by atoms with van der Waals surface area (Å²) in [6.45, 7) is 2.96. The molecular weight excluding hydrogens is 276 g/mol. The fraction of sp³-hybridized carbons (Fsp3) is 0.611. The van der Waals surface area contributed by atoms with Gasteiger partial charge in [0.25, 0.3) is 0 Å². The Hall–Kier alpha value is -1.55. The van der Waals surface area contributed by atoms with Crippen LogP contribution >= 0.6 is 0 Å². The van der Waals surface area contributed by atoms with E-state index in [0.29, 0.717) is 19.0 Å². The van der Waals surface area contributed by atoms with Crippen molar-refractivity contribution in [1.29, 1.82) is 0 Å². The van der Waals surface area contributed by atoms with Crippen LogP contribution in [0, 0.1) is 5.92 Å². The smallest absolute Gasteiger partial charge is 0.315 e. The van der Waals surface area contributed by atoms with E-state index in [9.17, 15) is 9.90 Å². The van der Waals surface area contributed by atoms with Gasteiger partial charge in [-0.1, -0.05) is 37.3 Å². The maximum atomic E-state index is 12.0. The van der Waals surface area contributed by atoms with Crippen molar-refractivity contribution >= 4 is 6.03 Å². The van der Waals surface area contributed by atoms with Crippen molar-refractivity contribution in [1.82, 2.24) is 10.6 Å². The number of carbonyl (C=O) groups is 1. The number of nitrogens with one attached hydrogen (secondary N) is 2. The van der Waals surface area contributed by atoms with Gasteiger partial charge in [0.15, 0.2) is 0 Å². The molecule has 0 bridgehead atoms. The third kappa shape index (κ3) is 5.34. The highest BCUT2D eigenvalue weighted by Crippen LogP contribution is 2.23. The first-order valence-electron chi connectivity index (χ1n) is 8.39. The molecule has 1 atom stereocenters. The molecule has 4 nitrogen and oxygen atoms in total. The number of aliphatic hydroxyl groups is 1. The summed E-state index contributed by atoms with van der Waals surface area (Å²) in [4.78, 5) is 12.0. The molecule has 2 amide bonds. The lowest BCUT2D eigenvalue weighted by atomic mass is 9.87. The summed E-state index contributed by atoms with van der Waals surface area (Å²) in [5.74, 6) is 0.941. The number of benzene rings is 1. The van der Waals surface area contributed by atoms with Crippen LogP contribution in [0.25, 0.3) is 0 Å². The van der Waals surface area contributed by atoms with Gasteiger partial charge < -0.3 is 15.7 Å². The molecular formula is C18H28N2O2. The van der Waals surface area contributed by atoms with Gasteiger partial charge in [-0.15, -0.1) is 0 Å². The van der Waals surface area contributed by atoms with Crippen molar-refractivity contribution in [2.24, 2.45) is 5.92 Å². The zero-order valence-electron chi connectivity index (χ0n) is 13.4. The minimum Gasteiger partial charge on any atom is -0.396 e. The number of urea groups is 1. The average molecular weight is 304 g/mol. The Morgan fingerprint density at radius 3 is 2.55 bits per heavy atom. The number of carbonyl (C=O) groups excluding carboxylic acids is 1.